The second-order valence-electron chi connectivity index (χ2n) is 7.91. The van der Waals surface area contributed by atoms with Crippen molar-refractivity contribution in [2.24, 2.45) is 0 Å². The molecule has 0 N–H and O–H groups in total. The first-order valence-electron chi connectivity index (χ1n) is 10.7. The lowest BCUT2D eigenvalue weighted by Crippen LogP contribution is -1.96. The Balaban J connectivity index is 1.69. The van der Waals surface area contributed by atoms with E-state index in [2.05, 4.69) is 0 Å². The highest BCUT2D eigenvalue weighted by molar-refractivity contribution is 5.75. The number of hydrogen-bond acceptors (Lipinski definition) is 0. The van der Waals surface area contributed by atoms with Crippen LogP contribution in [0.25, 0.3) is 39.2 Å². The molecule has 0 spiro atoms. The van der Waals surface area contributed by atoms with Crippen molar-refractivity contribution in [1.29, 1.82) is 0 Å². The topological polar surface area (TPSA) is 0 Å². The first kappa shape index (κ1) is 25.2. The van der Waals surface area contributed by atoms with Gasteiger partial charge in [0.1, 0.15) is 23.3 Å². The monoisotopic (exact) mass is 504 g/mol. The summed E-state index contributed by atoms with van der Waals surface area (Å²) in [4.78, 5) is 0. The van der Waals surface area contributed by atoms with Crippen LogP contribution in [0.15, 0.2) is 72.6 Å². The zero-order valence-corrected chi connectivity index (χ0v) is 18.6. The van der Waals surface area contributed by atoms with Crippen molar-refractivity contribution < 1.29 is 35.1 Å². The molecule has 0 nitrogen and oxygen atoms in total. The van der Waals surface area contributed by atoms with Gasteiger partial charge < -0.3 is 0 Å². The molecule has 184 valence electrons. The van der Waals surface area contributed by atoms with E-state index < -0.39 is 52.1 Å². The normalized spacial score (nSPS) is 12.0. The van der Waals surface area contributed by atoms with Gasteiger partial charge in [-0.1, -0.05) is 43.3 Å². The van der Waals surface area contributed by atoms with Crippen LogP contribution >= 0.6 is 0 Å². The fourth-order valence-electron chi connectivity index (χ4n) is 3.75. The van der Waals surface area contributed by atoms with Crippen LogP contribution < -0.4 is 0 Å². The zero-order chi connectivity index (χ0) is 26.1. The maximum atomic E-state index is 14.9. The van der Waals surface area contributed by atoms with Crippen LogP contribution in [0.3, 0.4) is 0 Å². The number of halogens is 8. The van der Waals surface area contributed by atoms with Gasteiger partial charge in [0.15, 0.2) is 23.3 Å². The lowest BCUT2D eigenvalue weighted by atomic mass is 9.96. The van der Waals surface area contributed by atoms with E-state index in [1.807, 2.05) is 0 Å². The van der Waals surface area contributed by atoms with Crippen molar-refractivity contribution in [2.75, 3.05) is 0 Å². The second kappa shape index (κ2) is 9.97. The molecule has 0 atom stereocenters. The number of rotatable bonds is 5. The third-order valence-corrected chi connectivity index (χ3v) is 5.61. The summed E-state index contributed by atoms with van der Waals surface area (Å²) < 4.78 is 112. The van der Waals surface area contributed by atoms with Crippen LogP contribution in [0.1, 0.15) is 18.9 Å². The SMILES string of the molecule is CC/C(F)=C(\F)c1ccc(-c2cc(F)c(-c3ccc(-c4cc(F)c(F)c(F)c4)c(F)c3)c(F)c2)cc1. The average Bonchev–Trinajstić information content (AvgIpc) is 2.85. The van der Waals surface area contributed by atoms with Crippen LogP contribution in [0.5, 0.6) is 0 Å². The molecule has 0 aromatic heterocycles. The third-order valence-electron chi connectivity index (χ3n) is 5.61. The molecule has 8 heteroatoms. The van der Waals surface area contributed by atoms with Crippen molar-refractivity contribution in [3.63, 3.8) is 0 Å². The fraction of sp³-hybridized carbons (Fsp3) is 0.0714. The summed E-state index contributed by atoms with van der Waals surface area (Å²) in [5.74, 6) is -9.75. The molecule has 0 radical (unpaired) electrons. The predicted molar refractivity (Wildman–Crippen MR) is 122 cm³/mol. The van der Waals surface area contributed by atoms with Crippen molar-refractivity contribution in [1.82, 2.24) is 0 Å². The predicted octanol–water partition coefficient (Wildman–Crippen LogP) is 9.54. The Kier molecular flexibility index (Phi) is 6.97. The van der Waals surface area contributed by atoms with E-state index in [0.29, 0.717) is 17.7 Å². The standard InChI is InChI=1S/C28H16F8/c1-2-20(29)27(35)15-5-3-14(4-6-15)17-10-22(31)26(23(32)11-17)16-7-8-19(21(30)9-16)18-12-24(33)28(36)25(34)13-18/h3-13H,2H2,1H3/b27-20+. The summed E-state index contributed by atoms with van der Waals surface area (Å²) in [6.07, 6.45) is -0.120. The van der Waals surface area contributed by atoms with Gasteiger partial charge in [-0.2, -0.15) is 0 Å². The van der Waals surface area contributed by atoms with E-state index in [1.54, 1.807) is 0 Å². The minimum Gasteiger partial charge on any atom is -0.209 e. The molecular formula is C28H16F8. The first-order chi connectivity index (χ1) is 17.1. The van der Waals surface area contributed by atoms with Crippen molar-refractivity contribution in [2.45, 2.75) is 13.3 Å². The van der Waals surface area contributed by atoms with E-state index in [0.717, 1.165) is 30.3 Å². The van der Waals surface area contributed by atoms with E-state index in [-0.39, 0.29) is 34.2 Å². The molecule has 36 heavy (non-hydrogen) atoms. The molecule has 0 bridgehead atoms. The molecule has 0 amide bonds. The lowest BCUT2D eigenvalue weighted by molar-refractivity contribution is 0.447. The maximum Gasteiger partial charge on any atom is 0.194 e. The van der Waals surface area contributed by atoms with Gasteiger partial charge >= 0.3 is 0 Å². The molecule has 0 fully saturated rings. The fourth-order valence-corrected chi connectivity index (χ4v) is 3.75. The zero-order valence-electron chi connectivity index (χ0n) is 18.6. The van der Waals surface area contributed by atoms with Gasteiger partial charge in [-0.25, -0.2) is 35.1 Å². The van der Waals surface area contributed by atoms with Gasteiger partial charge in [-0.05, 0) is 59.0 Å². The highest BCUT2D eigenvalue weighted by atomic mass is 19.2. The van der Waals surface area contributed by atoms with Gasteiger partial charge in [0.25, 0.3) is 0 Å². The van der Waals surface area contributed by atoms with Crippen molar-refractivity contribution in [3.8, 4) is 33.4 Å². The molecule has 0 saturated carbocycles. The van der Waals surface area contributed by atoms with Gasteiger partial charge in [-0.15, -0.1) is 0 Å². The summed E-state index contributed by atoms with van der Waals surface area (Å²) in [6, 6.07) is 11.5. The molecule has 0 aliphatic carbocycles. The Morgan fingerprint density at radius 1 is 0.556 bits per heavy atom. The molecule has 0 unspecified atom stereocenters. The third kappa shape index (κ3) is 4.76. The number of benzene rings is 4. The number of hydrogen-bond donors (Lipinski definition) is 0. The second-order valence-corrected chi connectivity index (χ2v) is 7.91. The number of allylic oxidation sites excluding steroid dienone is 1. The Morgan fingerprint density at radius 3 is 1.58 bits per heavy atom. The smallest absolute Gasteiger partial charge is 0.194 e. The van der Waals surface area contributed by atoms with Crippen LogP contribution in [0.2, 0.25) is 0 Å². The average molecular weight is 504 g/mol. The lowest BCUT2D eigenvalue weighted by Gasteiger charge is -2.11. The van der Waals surface area contributed by atoms with Gasteiger partial charge in [0.2, 0.25) is 0 Å². The van der Waals surface area contributed by atoms with Crippen molar-refractivity contribution >= 4 is 5.83 Å². The van der Waals surface area contributed by atoms with Crippen LogP contribution in [-0.2, 0) is 0 Å². The molecule has 0 heterocycles. The van der Waals surface area contributed by atoms with E-state index in [1.165, 1.54) is 31.2 Å². The van der Waals surface area contributed by atoms with E-state index in [9.17, 15) is 35.1 Å². The van der Waals surface area contributed by atoms with E-state index >= 15 is 0 Å². The molecule has 0 aliphatic heterocycles. The Hall–Kier alpha value is -3.94. The Morgan fingerprint density at radius 2 is 1.06 bits per heavy atom. The molecule has 0 aliphatic rings. The highest BCUT2D eigenvalue weighted by Crippen LogP contribution is 2.35. The summed E-state index contributed by atoms with van der Waals surface area (Å²) in [5.41, 5.74) is -0.901. The summed E-state index contributed by atoms with van der Waals surface area (Å²) >= 11 is 0. The molecule has 4 rings (SSSR count). The highest BCUT2D eigenvalue weighted by Gasteiger charge is 2.18. The van der Waals surface area contributed by atoms with Gasteiger partial charge in [-0.3, -0.25) is 0 Å². The summed E-state index contributed by atoms with van der Waals surface area (Å²) in [6.45, 7) is 1.46. The summed E-state index contributed by atoms with van der Waals surface area (Å²) in [7, 11) is 0. The molecule has 4 aromatic carbocycles. The minimum atomic E-state index is -1.70. The maximum absolute atomic E-state index is 14.9. The van der Waals surface area contributed by atoms with Crippen molar-refractivity contribution in [3.05, 3.63) is 113 Å². The van der Waals surface area contributed by atoms with Crippen LogP contribution in [0.4, 0.5) is 35.1 Å². The Bertz CT molecular complexity index is 1440. The molecule has 4 aromatic rings. The van der Waals surface area contributed by atoms with E-state index in [4.69, 9.17) is 0 Å². The molecular weight excluding hydrogens is 488 g/mol. The summed E-state index contributed by atoms with van der Waals surface area (Å²) in [5, 5.41) is 0. The Labute approximate surface area is 201 Å². The van der Waals surface area contributed by atoms with Gasteiger partial charge in [0, 0.05) is 11.1 Å². The van der Waals surface area contributed by atoms with Crippen LogP contribution in [0, 0.1) is 34.9 Å². The minimum absolute atomic E-state index is 0.0212. The van der Waals surface area contributed by atoms with Gasteiger partial charge in [0.05, 0.1) is 5.56 Å². The largest absolute Gasteiger partial charge is 0.209 e. The quantitative estimate of drug-likeness (QED) is 0.188. The molecule has 0 saturated heterocycles. The first-order valence-corrected chi connectivity index (χ1v) is 10.7. The van der Waals surface area contributed by atoms with Crippen LogP contribution in [-0.4, -0.2) is 0 Å².